The Bertz CT molecular complexity index is 1560. The van der Waals surface area contributed by atoms with Crippen molar-refractivity contribution in [3.8, 4) is 0 Å². The monoisotopic (exact) mass is 455 g/mol. The summed E-state index contributed by atoms with van der Waals surface area (Å²) in [5.41, 5.74) is 4.81. The number of benzene rings is 3. The average Bonchev–Trinajstić information content (AvgIpc) is 3.23. The Morgan fingerprint density at radius 2 is 1.85 bits per heavy atom. The van der Waals surface area contributed by atoms with Crippen molar-refractivity contribution in [1.29, 1.82) is 0 Å². The minimum Gasteiger partial charge on any atom is -0.348 e. The number of hydrogen-bond acceptors (Lipinski definition) is 6. The first-order valence-electron chi connectivity index (χ1n) is 10.5. The molecule has 0 aliphatic rings. The number of rotatable bonds is 5. The van der Waals surface area contributed by atoms with E-state index in [-0.39, 0.29) is 11.5 Å². The number of hydrogen-bond donors (Lipinski definition) is 2. The Labute approximate surface area is 193 Å². The van der Waals surface area contributed by atoms with Gasteiger partial charge < -0.3 is 10.6 Å². The van der Waals surface area contributed by atoms with E-state index >= 15 is 0 Å². The van der Waals surface area contributed by atoms with E-state index < -0.39 is 0 Å². The molecule has 0 saturated heterocycles. The highest BCUT2D eigenvalue weighted by molar-refractivity contribution is 7.20. The minimum absolute atomic E-state index is 0.218. The molecule has 33 heavy (non-hydrogen) atoms. The molecule has 0 aliphatic heterocycles. The molecule has 2 aromatic heterocycles. The molecule has 0 saturated carbocycles. The Morgan fingerprint density at radius 3 is 2.67 bits per heavy atom. The highest BCUT2D eigenvalue weighted by Crippen LogP contribution is 2.25. The molecule has 0 radical (unpaired) electrons. The number of aryl methyl sites for hydroxylation is 2. The van der Waals surface area contributed by atoms with Gasteiger partial charge in [0.1, 0.15) is 0 Å². The van der Waals surface area contributed by atoms with Crippen LogP contribution < -0.4 is 16.2 Å². The van der Waals surface area contributed by atoms with E-state index in [1.54, 1.807) is 18.2 Å². The third-order valence-corrected chi connectivity index (χ3v) is 6.21. The maximum atomic E-state index is 13.0. The van der Waals surface area contributed by atoms with Gasteiger partial charge in [-0.25, -0.2) is 4.98 Å². The number of fused-ring (bicyclic) bond motifs is 2. The number of anilines is 2. The van der Waals surface area contributed by atoms with Crippen LogP contribution in [0.15, 0.2) is 71.5 Å². The molecule has 164 valence electrons. The molecule has 0 fully saturated rings. The van der Waals surface area contributed by atoms with Crippen LogP contribution in [0.3, 0.4) is 0 Å². The first-order valence-corrected chi connectivity index (χ1v) is 11.3. The fourth-order valence-corrected chi connectivity index (χ4v) is 4.38. The average molecular weight is 456 g/mol. The van der Waals surface area contributed by atoms with Gasteiger partial charge >= 0.3 is 0 Å². The molecular formula is C25H21N5O2S. The highest BCUT2D eigenvalue weighted by Gasteiger charge is 2.14. The number of nitrogens with zero attached hydrogens (tertiary/aromatic N) is 3. The zero-order valence-electron chi connectivity index (χ0n) is 18.1. The summed E-state index contributed by atoms with van der Waals surface area (Å²) in [6, 6.07) is 20.7. The molecule has 0 bridgehead atoms. The second-order valence-corrected chi connectivity index (χ2v) is 8.82. The second-order valence-electron chi connectivity index (χ2n) is 7.86. The standard InChI is InChI=1S/C25H21N5O2S/c1-15-8-9-16(2)20(12-15)27-24-29-30-23(32)19-11-10-18(13-21(19)28-25(30)33-24)22(31)26-14-17-6-4-3-5-7-17/h3-13H,14H2,1-2H3,(H,26,31)(H,27,29). The van der Waals surface area contributed by atoms with Crippen LogP contribution in [0.25, 0.3) is 15.9 Å². The SMILES string of the molecule is Cc1ccc(C)c(Nc2nn3c(=O)c4ccc(C(=O)NCc5ccccc5)cc4nc3s2)c1. The van der Waals surface area contributed by atoms with Gasteiger partial charge in [-0.05, 0) is 54.8 Å². The molecule has 8 heteroatoms. The van der Waals surface area contributed by atoms with E-state index in [4.69, 9.17) is 0 Å². The van der Waals surface area contributed by atoms with Crippen LogP contribution in [0.4, 0.5) is 10.8 Å². The maximum absolute atomic E-state index is 13.0. The van der Waals surface area contributed by atoms with Crippen molar-refractivity contribution < 1.29 is 4.79 Å². The predicted molar refractivity (Wildman–Crippen MR) is 131 cm³/mol. The topological polar surface area (TPSA) is 88.4 Å². The van der Waals surface area contributed by atoms with Gasteiger partial charge in [0.15, 0.2) is 0 Å². The van der Waals surface area contributed by atoms with Gasteiger partial charge in [-0.15, -0.1) is 5.10 Å². The Morgan fingerprint density at radius 1 is 1.03 bits per heavy atom. The van der Waals surface area contributed by atoms with Crippen LogP contribution in [0.5, 0.6) is 0 Å². The van der Waals surface area contributed by atoms with Crippen LogP contribution in [0.2, 0.25) is 0 Å². The molecular weight excluding hydrogens is 434 g/mol. The number of carbonyl (C=O) groups excluding carboxylic acids is 1. The Kier molecular flexibility index (Phi) is 5.35. The van der Waals surface area contributed by atoms with Crippen molar-refractivity contribution in [2.45, 2.75) is 20.4 Å². The summed E-state index contributed by atoms with van der Waals surface area (Å²) < 4.78 is 1.30. The third kappa shape index (κ3) is 4.20. The van der Waals surface area contributed by atoms with Crippen molar-refractivity contribution in [1.82, 2.24) is 19.9 Å². The largest absolute Gasteiger partial charge is 0.348 e. The van der Waals surface area contributed by atoms with Crippen LogP contribution >= 0.6 is 11.3 Å². The number of carbonyl (C=O) groups is 1. The molecule has 7 nitrogen and oxygen atoms in total. The normalized spacial score (nSPS) is 11.1. The summed E-state index contributed by atoms with van der Waals surface area (Å²) in [6.07, 6.45) is 0. The van der Waals surface area contributed by atoms with Crippen LogP contribution in [0.1, 0.15) is 27.0 Å². The molecule has 5 aromatic rings. The molecule has 5 rings (SSSR count). The Balaban J connectivity index is 1.45. The van der Waals surface area contributed by atoms with Gasteiger partial charge in [-0.3, -0.25) is 9.59 Å². The summed E-state index contributed by atoms with van der Waals surface area (Å²) in [5, 5.41) is 11.6. The number of amides is 1. The zero-order chi connectivity index (χ0) is 22.9. The first-order chi connectivity index (χ1) is 16.0. The molecule has 0 atom stereocenters. The molecule has 2 heterocycles. The van der Waals surface area contributed by atoms with E-state index in [1.807, 2.05) is 62.4 Å². The van der Waals surface area contributed by atoms with E-state index in [0.717, 1.165) is 22.4 Å². The van der Waals surface area contributed by atoms with Gasteiger partial charge in [0.2, 0.25) is 10.1 Å². The maximum Gasteiger partial charge on any atom is 0.283 e. The predicted octanol–water partition coefficient (Wildman–Crippen LogP) is 4.59. The van der Waals surface area contributed by atoms with E-state index in [9.17, 15) is 9.59 Å². The van der Waals surface area contributed by atoms with Crippen LogP contribution in [-0.2, 0) is 6.54 Å². The molecule has 0 spiro atoms. The van der Waals surface area contributed by atoms with Gasteiger partial charge in [0, 0.05) is 17.8 Å². The molecule has 3 aromatic carbocycles. The lowest BCUT2D eigenvalue weighted by Crippen LogP contribution is -2.23. The van der Waals surface area contributed by atoms with Gasteiger partial charge in [-0.2, -0.15) is 4.52 Å². The lowest BCUT2D eigenvalue weighted by molar-refractivity contribution is 0.0951. The lowest BCUT2D eigenvalue weighted by Gasteiger charge is -2.06. The molecule has 0 unspecified atom stereocenters. The summed E-state index contributed by atoms with van der Waals surface area (Å²) in [4.78, 5) is 30.7. The highest BCUT2D eigenvalue weighted by atomic mass is 32.1. The number of aromatic nitrogens is 3. The Hall–Kier alpha value is -4.04. The summed E-state index contributed by atoms with van der Waals surface area (Å²) in [6.45, 7) is 4.46. The lowest BCUT2D eigenvalue weighted by atomic mass is 10.1. The fraction of sp³-hybridized carbons (Fsp3) is 0.120. The quantitative estimate of drug-likeness (QED) is 0.405. The molecule has 0 aliphatic carbocycles. The second kappa shape index (κ2) is 8.48. The van der Waals surface area contributed by atoms with E-state index in [0.29, 0.717) is 33.1 Å². The zero-order valence-corrected chi connectivity index (χ0v) is 18.9. The summed E-state index contributed by atoms with van der Waals surface area (Å²) >= 11 is 1.29. The molecule has 2 N–H and O–H groups in total. The van der Waals surface area contributed by atoms with Crippen LogP contribution in [0, 0.1) is 13.8 Å². The van der Waals surface area contributed by atoms with Crippen molar-refractivity contribution >= 4 is 43.9 Å². The first kappa shape index (κ1) is 20.8. The molecule has 1 amide bonds. The van der Waals surface area contributed by atoms with Crippen molar-refractivity contribution in [3.05, 3.63) is 99.3 Å². The van der Waals surface area contributed by atoms with E-state index in [1.165, 1.54) is 15.9 Å². The number of nitrogens with one attached hydrogen (secondary N) is 2. The summed E-state index contributed by atoms with van der Waals surface area (Å²) in [5.74, 6) is -0.218. The summed E-state index contributed by atoms with van der Waals surface area (Å²) in [7, 11) is 0. The van der Waals surface area contributed by atoms with Crippen molar-refractivity contribution in [2.24, 2.45) is 0 Å². The fourth-order valence-electron chi connectivity index (χ4n) is 3.57. The van der Waals surface area contributed by atoms with E-state index in [2.05, 4.69) is 20.7 Å². The third-order valence-electron chi connectivity index (χ3n) is 5.39. The van der Waals surface area contributed by atoms with Crippen molar-refractivity contribution in [2.75, 3.05) is 5.32 Å². The van der Waals surface area contributed by atoms with Gasteiger partial charge in [0.05, 0.1) is 10.9 Å². The van der Waals surface area contributed by atoms with Gasteiger partial charge in [-0.1, -0.05) is 53.8 Å². The van der Waals surface area contributed by atoms with Gasteiger partial charge in [0.25, 0.3) is 11.5 Å². The smallest absolute Gasteiger partial charge is 0.283 e. The van der Waals surface area contributed by atoms with Crippen molar-refractivity contribution in [3.63, 3.8) is 0 Å². The van der Waals surface area contributed by atoms with Crippen LogP contribution in [-0.4, -0.2) is 20.5 Å². The minimum atomic E-state index is -0.267.